The summed E-state index contributed by atoms with van der Waals surface area (Å²) in [6.45, 7) is 2.48. The summed E-state index contributed by atoms with van der Waals surface area (Å²) in [6.07, 6.45) is 0.785. The standard InChI is InChI=1S/C14H20O4S/c1-12(15)13-6-3-4-7-14(13)18-9-11-19(16)10-5-8-17-2/h3-4,6-7H,5,8-11H2,1-2H3. The summed E-state index contributed by atoms with van der Waals surface area (Å²) in [6, 6.07) is 7.10. The Morgan fingerprint density at radius 2 is 1.95 bits per heavy atom. The third-order valence-corrected chi connectivity index (χ3v) is 3.92. The Balaban J connectivity index is 2.37. The van der Waals surface area contributed by atoms with Gasteiger partial charge in [0, 0.05) is 30.3 Å². The van der Waals surface area contributed by atoms with Crippen molar-refractivity contribution in [2.45, 2.75) is 13.3 Å². The molecule has 106 valence electrons. The predicted octanol–water partition coefficient (Wildman–Crippen LogP) is 2.05. The molecule has 1 aromatic rings. The SMILES string of the molecule is COCCCS(=O)CCOc1ccccc1C(C)=O. The van der Waals surface area contributed by atoms with Crippen LogP contribution in [0.25, 0.3) is 0 Å². The van der Waals surface area contributed by atoms with E-state index < -0.39 is 10.8 Å². The van der Waals surface area contributed by atoms with Crippen molar-refractivity contribution in [3.63, 3.8) is 0 Å². The Morgan fingerprint density at radius 1 is 1.21 bits per heavy atom. The van der Waals surface area contributed by atoms with Crippen molar-refractivity contribution in [3.8, 4) is 5.75 Å². The number of Topliss-reactive ketones (excluding diaryl/α,β-unsaturated/α-hetero) is 1. The summed E-state index contributed by atoms with van der Waals surface area (Å²) in [4.78, 5) is 11.4. The third kappa shape index (κ3) is 5.98. The fourth-order valence-electron chi connectivity index (χ4n) is 1.59. The van der Waals surface area contributed by atoms with Crippen LogP contribution in [0.5, 0.6) is 5.75 Å². The van der Waals surface area contributed by atoms with E-state index in [4.69, 9.17) is 9.47 Å². The van der Waals surface area contributed by atoms with Gasteiger partial charge in [0.1, 0.15) is 5.75 Å². The van der Waals surface area contributed by atoms with E-state index in [1.54, 1.807) is 25.3 Å². The highest BCUT2D eigenvalue weighted by Crippen LogP contribution is 2.18. The molecule has 0 spiro atoms. The van der Waals surface area contributed by atoms with Crippen molar-refractivity contribution in [1.82, 2.24) is 0 Å². The van der Waals surface area contributed by atoms with E-state index in [0.717, 1.165) is 6.42 Å². The molecule has 0 saturated heterocycles. The average Bonchev–Trinajstić information content (AvgIpc) is 2.39. The molecule has 0 aliphatic heterocycles. The molecule has 5 heteroatoms. The molecule has 0 radical (unpaired) electrons. The number of ketones is 1. The molecule has 0 aliphatic carbocycles. The van der Waals surface area contributed by atoms with Gasteiger partial charge in [-0.2, -0.15) is 0 Å². The fraction of sp³-hybridized carbons (Fsp3) is 0.500. The monoisotopic (exact) mass is 284 g/mol. The number of para-hydroxylation sites is 1. The maximum Gasteiger partial charge on any atom is 0.163 e. The van der Waals surface area contributed by atoms with E-state index in [2.05, 4.69) is 0 Å². The van der Waals surface area contributed by atoms with Gasteiger partial charge < -0.3 is 9.47 Å². The van der Waals surface area contributed by atoms with Crippen LogP contribution in [0.3, 0.4) is 0 Å². The minimum Gasteiger partial charge on any atom is -0.492 e. The predicted molar refractivity (Wildman–Crippen MR) is 76.3 cm³/mol. The van der Waals surface area contributed by atoms with E-state index in [1.165, 1.54) is 6.92 Å². The Morgan fingerprint density at radius 3 is 2.63 bits per heavy atom. The number of hydrogen-bond donors (Lipinski definition) is 0. The molecule has 0 N–H and O–H groups in total. The van der Waals surface area contributed by atoms with Crippen LogP contribution >= 0.6 is 0 Å². The lowest BCUT2D eigenvalue weighted by Gasteiger charge is -2.09. The summed E-state index contributed by atoms with van der Waals surface area (Å²) >= 11 is 0. The van der Waals surface area contributed by atoms with Crippen LogP contribution in [0.4, 0.5) is 0 Å². The average molecular weight is 284 g/mol. The number of ether oxygens (including phenoxy) is 2. The van der Waals surface area contributed by atoms with E-state index in [-0.39, 0.29) is 5.78 Å². The van der Waals surface area contributed by atoms with Crippen LogP contribution in [0.2, 0.25) is 0 Å². The Bertz CT molecular complexity index is 431. The van der Waals surface area contributed by atoms with Gasteiger partial charge in [-0.15, -0.1) is 0 Å². The van der Waals surface area contributed by atoms with Crippen molar-refractivity contribution in [3.05, 3.63) is 29.8 Å². The van der Waals surface area contributed by atoms with E-state index in [1.807, 2.05) is 6.07 Å². The Labute approximate surface area is 116 Å². The summed E-state index contributed by atoms with van der Waals surface area (Å²) in [5.41, 5.74) is 0.563. The molecule has 1 unspecified atom stereocenters. The molecular formula is C14H20O4S. The van der Waals surface area contributed by atoms with E-state index in [0.29, 0.717) is 36.0 Å². The van der Waals surface area contributed by atoms with Crippen LogP contribution < -0.4 is 4.74 Å². The molecule has 0 fully saturated rings. The number of carbonyl (C=O) groups is 1. The molecule has 0 bridgehead atoms. The molecule has 0 saturated carbocycles. The molecular weight excluding hydrogens is 264 g/mol. The summed E-state index contributed by atoms with van der Waals surface area (Å²) < 4.78 is 22.1. The van der Waals surface area contributed by atoms with Gasteiger partial charge in [0.25, 0.3) is 0 Å². The second kappa shape index (κ2) is 8.82. The summed E-state index contributed by atoms with van der Waals surface area (Å²) in [5.74, 6) is 1.61. The molecule has 0 aliphatic rings. The van der Waals surface area contributed by atoms with Crippen LogP contribution in [0, 0.1) is 0 Å². The van der Waals surface area contributed by atoms with Crippen LogP contribution in [0.1, 0.15) is 23.7 Å². The first-order valence-electron chi connectivity index (χ1n) is 6.22. The highest BCUT2D eigenvalue weighted by molar-refractivity contribution is 7.84. The second-order valence-electron chi connectivity index (χ2n) is 4.10. The van der Waals surface area contributed by atoms with Crippen molar-refractivity contribution in [1.29, 1.82) is 0 Å². The third-order valence-electron chi connectivity index (χ3n) is 2.56. The Kier molecular flexibility index (Phi) is 7.36. The van der Waals surface area contributed by atoms with Crippen LogP contribution in [-0.4, -0.2) is 41.8 Å². The number of methoxy groups -OCH3 is 1. The van der Waals surface area contributed by atoms with Crippen LogP contribution in [-0.2, 0) is 15.5 Å². The highest BCUT2D eigenvalue weighted by Gasteiger charge is 2.07. The van der Waals surface area contributed by atoms with Gasteiger partial charge in [-0.05, 0) is 25.5 Å². The fourth-order valence-corrected chi connectivity index (χ4v) is 2.51. The van der Waals surface area contributed by atoms with Crippen LogP contribution in [0.15, 0.2) is 24.3 Å². The molecule has 4 nitrogen and oxygen atoms in total. The Hall–Kier alpha value is -1.20. The lowest BCUT2D eigenvalue weighted by Crippen LogP contribution is -2.13. The molecule has 1 rings (SSSR count). The van der Waals surface area contributed by atoms with Gasteiger partial charge in [0.2, 0.25) is 0 Å². The molecule has 1 aromatic carbocycles. The lowest BCUT2D eigenvalue weighted by molar-refractivity contribution is 0.101. The second-order valence-corrected chi connectivity index (χ2v) is 5.79. The smallest absolute Gasteiger partial charge is 0.163 e. The molecule has 1 atom stereocenters. The maximum atomic E-state index is 11.6. The van der Waals surface area contributed by atoms with E-state index >= 15 is 0 Å². The van der Waals surface area contributed by atoms with Gasteiger partial charge in [0.05, 0.1) is 17.9 Å². The van der Waals surface area contributed by atoms with Crippen molar-refractivity contribution in [2.24, 2.45) is 0 Å². The number of benzene rings is 1. The minimum atomic E-state index is -0.902. The van der Waals surface area contributed by atoms with Gasteiger partial charge in [-0.3, -0.25) is 9.00 Å². The summed E-state index contributed by atoms with van der Waals surface area (Å²) in [5, 5.41) is 0. The van der Waals surface area contributed by atoms with Gasteiger partial charge in [-0.1, -0.05) is 12.1 Å². The molecule has 0 amide bonds. The van der Waals surface area contributed by atoms with E-state index in [9.17, 15) is 9.00 Å². The largest absolute Gasteiger partial charge is 0.492 e. The number of carbonyl (C=O) groups excluding carboxylic acids is 1. The molecule has 19 heavy (non-hydrogen) atoms. The van der Waals surface area contributed by atoms with Gasteiger partial charge in [-0.25, -0.2) is 0 Å². The number of rotatable bonds is 9. The van der Waals surface area contributed by atoms with Gasteiger partial charge in [0.15, 0.2) is 5.78 Å². The highest BCUT2D eigenvalue weighted by atomic mass is 32.2. The zero-order valence-corrected chi connectivity index (χ0v) is 12.2. The lowest BCUT2D eigenvalue weighted by atomic mass is 10.1. The van der Waals surface area contributed by atoms with Gasteiger partial charge >= 0.3 is 0 Å². The number of hydrogen-bond acceptors (Lipinski definition) is 4. The first-order chi connectivity index (χ1) is 9.15. The zero-order chi connectivity index (χ0) is 14.1. The maximum absolute atomic E-state index is 11.6. The zero-order valence-electron chi connectivity index (χ0n) is 11.4. The minimum absolute atomic E-state index is 0.0307. The van der Waals surface area contributed by atoms with Crippen molar-refractivity contribution < 1.29 is 18.5 Å². The topological polar surface area (TPSA) is 52.6 Å². The first kappa shape index (κ1) is 15.9. The molecule has 0 aromatic heterocycles. The quantitative estimate of drug-likeness (QED) is 0.514. The van der Waals surface area contributed by atoms with Crippen molar-refractivity contribution >= 4 is 16.6 Å². The molecule has 0 heterocycles. The first-order valence-corrected chi connectivity index (χ1v) is 7.70. The summed E-state index contributed by atoms with van der Waals surface area (Å²) in [7, 11) is 0.727. The van der Waals surface area contributed by atoms with Crippen molar-refractivity contribution in [2.75, 3.05) is 31.8 Å². The normalized spacial score (nSPS) is 12.1.